The van der Waals surface area contributed by atoms with Gasteiger partial charge in [0.2, 0.25) is 0 Å². The second-order valence-corrected chi connectivity index (χ2v) is 14.4. The molecule has 1 aromatic rings. The summed E-state index contributed by atoms with van der Waals surface area (Å²) in [6.45, 7) is 1.68. The highest BCUT2D eigenvalue weighted by Gasteiger charge is 2.96. The number of aliphatic hydroxyl groups excluding tert-OH is 2. The topological polar surface area (TPSA) is 174 Å². The first-order chi connectivity index (χ1) is 21.8. The highest BCUT2D eigenvalue weighted by molar-refractivity contribution is 5.89. The molecule has 7 rings (SSSR count). The number of benzene rings is 1. The van der Waals surface area contributed by atoms with Gasteiger partial charge in [0.1, 0.15) is 23.9 Å². The third kappa shape index (κ3) is 3.41. The molecule has 7 bridgehead atoms. The van der Waals surface area contributed by atoms with E-state index in [2.05, 4.69) is 0 Å². The highest BCUT2D eigenvalue weighted by atomic mass is 16.6. The van der Waals surface area contributed by atoms with Crippen molar-refractivity contribution < 1.29 is 58.4 Å². The first-order valence-corrected chi connectivity index (χ1v) is 15.9. The monoisotopic (exact) mass is 647 g/mol. The van der Waals surface area contributed by atoms with Crippen molar-refractivity contribution in [3.05, 3.63) is 35.9 Å². The molecule has 6 aliphatic rings. The summed E-state index contributed by atoms with van der Waals surface area (Å²) in [7, 11) is 7.77. The SMILES string of the molecule is COCC12CN(C)C3C4C(OC)C1C3(C(OC)CC2O)C1(O)CC2(O)C(OC)C(O)C4(OC(C)=O)C1C2OC(=O)c1ccccc1. The summed E-state index contributed by atoms with van der Waals surface area (Å²) in [6.07, 6.45) is -7.39. The molecule has 15 atom stereocenters. The Hall–Kier alpha value is -2.20. The van der Waals surface area contributed by atoms with Crippen molar-refractivity contribution in [2.45, 2.75) is 79.2 Å². The zero-order valence-corrected chi connectivity index (χ0v) is 27.0. The molecule has 1 saturated heterocycles. The fourth-order valence-electron chi connectivity index (χ4n) is 12.2. The second kappa shape index (κ2) is 10.4. The van der Waals surface area contributed by atoms with Crippen molar-refractivity contribution in [2.24, 2.45) is 28.6 Å². The van der Waals surface area contributed by atoms with Crippen LogP contribution in [0.2, 0.25) is 0 Å². The van der Waals surface area contributed by atoms with Crippen molar-refractivity contribution in [3.8, 4) is 0 Å². The smallest absolute Gasteiger partial charge is 0.338 e. The molecule has 5 saturated carbocycles. The maximum atomic E-state index is 13.7. The Morgan fingerprint density at radius 2 is 1.67 bits per heavy atom. The Labute approximate surface area is 267 Å². The van der Waals surface area contributed by atoms with Crippen LogP contribution in [0.25, 0.3) is 0 Å². The van der Waals surface area contributed by atoms with Gasteiger partial charge in [-0.25, -0.2) is 4.79 Å². The van der Waals surface area contributed by atoms with E-state index in [1.165, 1.54) is 28.3 Å². The minimum Gasteiger partial charge on any atom is -0.455 e. The number of ether oxygens (including phenoxy) is 6. The number of carbonyl (C=O) groups is 2. The Bertz CT molecular complexity index is 1400. The quantitative estimate of drug-likeness (QED) is 0.263. The van der Waals surface area contributed by atoms with Gasteiger partial charge in [0, 0.05) is 83.5 Å². The van der Waals surface area contributed by atoms with Crippen molar-refractivity contribution in [3.63, 3.8) is 0 Å². The number of aliphatic hydroxyl groups is 4. The molecule has 1 spiro atoms. The van der Waals surface area contributed by atoms with E-state index in [9.17, 15) is 30.0 Å². The lowest BCUT2D eigenvalue weighted by atomic mass is 9.40. The van der Waals surface area contributed by atoms with Gasteiger partial charge >= 0.3 is 11.9 Å². The predicted octanol–water partition coefficient (Wildman–Crippen LogP) is -0.627. The summed E-state index contributed by atoms with van der Waals surface area (Å²) in [5.41, 5.74) is -8.16. The van der Waals surface area contributed by atoms with Gasteiger partial charge in [-0.3, -0.25) is 4.79 Å². The number of methoxy groups -OCH3 is 4. The van der Waals surface area contributed by atoms with Crippen LogP contribution in [0, 0.1) is 28.6 Å². The van der Waals surface area contributed by atoms with Crippen LogP contribution in [0.1, 0.15) is 30.1 Å². The molecule has 13 nitrogen and oxygen atoms in total. The number of fused-ring (bicyclic) bond motifs is 2. The Morgan fingerprint density at radius 3 is 2.26 bits per heavy atom. The van der Waals surface area contributed by atoms with Gasteiger partial charge in [-0.05, 0) is 19.2 Å². The van der Waals surface area contributed by atoms with Gasteiger partial charge in [-0.1, -0.05) is 18.2 Å². The van der Waals surface area contributed by atoms with Gasteiger partial charge < -0.3 is 53.7 Å². The summed E-state index contributed by atoms with van der Waals surface area (Å²) in [5, 5.41) is 50.8. The van der Waals surface area contributed by atoms with E-state index < -0.39 is 106 Å². The summed E-state index contributed by atoms with van der Waals surface area (Å²) in [6, 6.07) is 7.61. The van der Waals surface area contributed by atoms with Crippen molar-refractivity contribution >= 4 is 11.9 Å². The molecule has 0 aromatic heterocycles. The van der Waals surface area contributed by atoms with E-state index in [4.69, 9.17) is 28.4 Å². The maximum Gasteiger partial charge on any atom is 0.338 e. The molecule has 1 aliphatic heterocycles. The summed E-state index contributed by atoms with van der Waals surface area (Å²) in [4.78, 5) is 28.9. The number of piperidine rings is 1. The largest absolute Gasteiger partial charge is 0.455 e. The van der Waals surface area contributed by atoms with Crippen LogP contribution in [0.5, 0.6) is 0 Å². The van der Waals surface area contributed by atoms with Gasteiger partial charge in [-0.15, -0.1) is 0 Å². The summed E-state index contributed by atoms with van der Waals surface area (Å²) in [5.74, 6) is -4.35. The Morgan fingerprint density at radius 1 is 0.978 bits per heavy atom. The molecular formula is C33H45NO12. The summed E-state index contributed by atoms with van der Waals surface area (Å²) < 4.78 is 36.7. The first kappa shape index (κ1) is 32.4. The van der Waals surface area contributed by atoms with Crippen molar-refractivity contribution in [2.75, 3.05) is 48.6 Å². The lowest BCUT2D eigenvalue weighted by molar-refractivity contribution is -0.353. The van der Waals surface area contributed by atoms with Crippen molar-refractivity contribution in [1.29, 1.82) is 0 Å². The first-order valence-electron chi connectivity index (χ1n) is 15.9. The normalized spacial score (nSPS) is 51.5. The molecule has 0 amide bonds. The molecule has 15 unspecified atom stereocenters. The van der Waals surface area contributed by atoms with Crippen LogP contribution in [-0.2, 0) is 33.2 Å². The Kier molecular flexibility index (Phi) is 7.31. The van der Waals surface area contributed by atoms with E-state index in [1.54, 1.807) is 37.4 Å². The van der Waals surface area contributed by atoms with Crippen LogP contribution >= 0.6 is 0 Å². The minimum absolute atomic E-state index is 0.113. The molecule has 13 heteroatoms. The van der Waals surface area contributed by atoms with Crippen LogP contribution in [0.4, 0.5) is 0 Å². The fourth-order valence-corrected chi connectivity index (χ4v) is 12.2. The molecule has 254 valence electrons. The predicted molar refractivity (Wildman–Crippen MR) is 157 cm³/mol. The van der Waals surface area contributed by atoms with Crippen LogP contribution in [-0.4, -0.2) is 145 Å². The molecule has 5 aliphatic carbocycles. The molecule has 4 N–H and O–H groups in total. The summed E-state index contributed by atoms with van der Waals surface area (Å²) >= 11 is 0. The second-order valence-electron chi connectivity index (χ2n) is 14.4. The number of hydrogen-bond donors (Lipinski definition) is 4. The molecule has 6 fully saturated rings. The van der Waals surface area contributed by atoms with Crippen LogP contribution < -0.4 is 0 Å². The molecule has 46 heavy (non-hydrogen) atoms. The van der Waals surface area contributed by atoms with E-state index in [1.807, 2.05) is 11.9 Å². The lowest BCUT2D eigenvalue weighted by Crippen LogP contribution is -2.85. The minimum atomic E-state index is -2.12. The van der Waals surface area contributed by atoms with E-state index >= 15 is 0 Å². The molecule has 0 radical (unpaired) electrons. The fraction of sp³-hybridized carbons (Fsp3) is 0.758. The number of carbonyl (C=O) groups excluding carboxylic acids is 2. The number of rotatable bonds is 8. The van der Waals surface area contributed by atoms with Crippen LogP contribution in [0.3, 0.4) is 0 Å². The van der Waals surface area contributed by atoms with Crippen molar-refractivity contribution in [1.82, 2.24) is 4.90 Å². The van der Waals surface area contributed by atoms with E-state index in [0.717, 1.165) is 0 Å². The van der Waals surface area contributed by atoms with E-state index in [-0.39, 0.29) is 18.6 Å². The zero-order valence-electron chi connectivity index (χ0n) is 27.0. The third-order valence-corrected chi connectivity index (χ3v) is 12.9. The van der Waals surface area contributed by atoms with E-state index in [0.29, 0.717) is 6.54 Å². The van der Waals surface area contributed by atoms with Gasteiger partial charge in [-0.2, -0.15) is 0 Å². The molecule has 1 aromatic carbocycles. The Balaban J connectivity index is 1.56. The highest BCUT2D eigenvalue weighted by Crippen LogP contribution is 2.81. The zero-order chi connectivity index (χ0) is 33.2. The van der Waals surface area contributed by atoms with Crippen LogP contribution in [0.15, 0.2) is 30.3 Å². The van der Waals surface area contributed by atoms with Gasteiger partial charge in [0.05, 0.1) is 42.0 Å². The number of nitrogens with zero attached hydrogens (tertiary/aromatic N) is 1. The third-order valence-electron chi connectivity index (χ3n) is 12.9. The lowest BCUT2D eigenvalue weighted by Gasteiger charge is -2.72. The molecule has 1 heterocycles. The number of likely N-dealkylation sites (tertiary alicyclic amines) is 1. The average molecular weight is 648 g/mol. The molecular weight excluding hydrogens is 602 g/mol. The van der Waals surface area contributed by atoms with Gasteiger partial charge in [0.25, 0.3) is 0 Å². The standard InChI is InChI=1S/C33H45NO12/c1-16(35)46-33-20-21(43-5)22-29(15-41-3)14-34(2)24(20)32(22,19(42-4)12-18(29)36)31(40)13-30(39,27(44-6)25(33)37)26(23(31)33)45-28(38)17-10-8-7-9-11-17/h7-11,18-27,36-37,39-40H,12-15H2,1-6H3. The number of esters is 2. The maximum absolute atomic E-state index is 13.7. The van der Waals surface area contributed by atoms with Gasteiger partial charge in [0.15, 0.2) is 5.60 Å². The average Bonchev–Trinajstić information content (AvgIpc) is 3.38. The number of hydrogen-bond acceptors (Lipinski definition) is 13.